The monoisotopic (exact) mass is 310 g/mol. The van der Waals surface area contributed by atoms with Crippen molar-refractivity contribution in [2.45, 2.75) is 39.2 Å². The SMILES string of the molecule is Cc1n[nH]c(C)c1CSCCSCc1c(C)n[nH]c1C. The molecule has 2 heterocycles. The fraction of sp³-hybridized carbons (Fsp3) is 0.571. The van der Waals surface area contributed by atoms with Gasteiger partial charge in [-0.3, -0.25) is 10.2 Å². The summed E-state index contributed by atoms with van der Waals surface area (Å²) in [5, 5.41) is 14.5. The predicted molar refractivity (Wildman–Crippen MR) is 88.4 cm³/mol. The summed E-state index contributed by atoms with van der Waals surface area (Å²) >= 11 is 3.96. The van der Waals surface area contributed by atoms with E-state index in [2.05, 4.69) is 48.1 Å². The Kier molecular flexibility index (Phi) is 5.60. The highest BCUT2D eigenvalue weighted by atomic mass is 32.2. The van der Waals surface area contributed by atoms with E-state index in [4.69, 9.17) is 0 Å². The number of hydrogen-bond acceptors (Lipinski definition) is 4. The molecule has 0 unspecified atom stereocenters. The number of hydrogen-bond donors (Lipinski definition) is 2. The first-order chi connectivity index (χ1) is 9.59. The van der Waals surface area contributed by atoms with Crippen molar-refractivity contribution in [3.63, 3.8) is 0 Å². The number of aromatic amines is 2. The molecule has 0 aliphatic rings. The van der Waals surface area contributed by atoms with Crippen LogP contribution in [0.1, 0.15) is 33.9 Å². The first-order valence-electron chi connectivity index (χ1n) is 6.76. The second-order valence-electron chi connectivity index (χ2n) is 4.93. The van der Waals surface area contributed by atoms with Crippen molar-refractivity contribution in [2.24, 2.45) is 0 Å². The number of thioether (sulfide) groups is 2. The van der Waals surface area contributed by atoms with Crippen molar-refractivity contribution < 1.29 is 0 Å². The van der Waals surface area contributed by atoms with Gasteiger partial charge in [0.2, 0.25) is 0 Å². The molecule has 2 aromatic heterocycles. The molecule has 0 spiro atoms. The van der Waals surface area contributed by atoms with Crippen molar-refractivity contribution in [1.29, 1.82) is 0 Å². The Morgan fingerprint density at radius 3 is 1.45 bits per heavy atom. The Bertz CT molecular complexity index is 470. The van der Waals surface area contributed by atoms with Crippen LogP contribution in [0.3, 0.4) is 0 Å². The lowest BCUT2D eigenvalue weighted by molar-refractivity contribution is 1.02. The van der Waals surface area contributed by atoms with E-state index >= 15 is 0 Å². The maximum atomic E-state index is 4.23. The maximum absolute atomic E-state index is 4.23. The molecule has 0 aliphatic heterocycles. The average molecular weight is 310 g/mol. The van der Waals surface area contributed by atoms with Gasteiger partial charge in [-0.15, -0.1) is 0 Å². The first kappa shape index (κ1) is 15.5. The highest BCUT2D eigenvalue weighted by molar-refractivity contribution is 8.02. The van der Waals surface area contributed by atoms with E-state index in [1.807, 2.05) is 23.5 Å². The van der Waals surface area contributed by atoms with Crippen molar-refractivity contribution >= 4 is 23.5 Å². The Labute approximate surface area is 128 Å². The number of aryl methyl sites for hydroxylation is 4. The van der Waals surface area contributed by atoms with Crippen molar-refractivity contribution in [2.75, 3.05) is 11.5 Å². The van der Waals surface area contributed by atoms with E-state index in [1.165, 1.54) is 34.0 Å². The van der Waals surface area contributed by atoms with Crippen molar-refractivity contribution in [3.8, 4) is 0 Å². The zero-order chi connectivity index (χ0) is 14.5. The van der Waals surface area contributed by atoms with Crippen LogP contribution in [0.5, 0.6) is 0 Å². The summed E-state index contributed by atoms with van der Waals surface area (Å²) in [5.74, 6) is 4.45. The summed E-state index contributed by atoms with van der Waals surface area (Å²) in [6.07, 6.45) is 0. The predicted octanol–water partition coefficient (Wildman–Crippen LogP) is 3.53. The van der Waals surface area contributed by atoms with E-state index in [0.29, 0.717) is 0 Å². The van der Waals surface area contributed by atoms with E-state index in [-0.39, 0.29) is 0 Å². The van der Waals surface area contributed by atoms with Gasteiger partial charge in [0.1, 0.15) is 0 Å². The number of aromatic nitrogens is 4. The van der Waals surface area contributed by atoms with Crippen molar-refractivity contribution in [3.05, 3.63) is 33.9 Å². The van der Waals surface area contributed by atoms with Gasteiger partial charge in [-0.1, -0.05) is 0 Å². The second kappa shape index (κ2) is 7.22. The van der Waals surface area contributed by atoms with Gasteiger partial charge < -0.3 is 0 Å². The van der Waals surface area contributed by atoms with Gasteiger partial charge >= 0.3 is 0 Å². The largest absolute Gasteiger partial charge is 0.282 e. The normalized spacial score (nSPS) is 11.2. The minimum Gasteiger partial charge on any atom is -0.282 e. The van der Waals surface area contributed by atoms with E-state index in [9.17, 15) is 0 Å². The summed E-state index contributed by atoms with van der Waals surface area (Å²) in [6, 6.07) is 0. The summed E-state index contributed by atoms with van der Waals surface area (Å²) < 4.78 is 0. The van der Waals surface area contributed by atoms with Crippen LogP contribution in [0.15, 0.2) is 0 Å². The fourth-order valence-electron chi connectivity index (χ4n) is 2.04. The number of nitrogens with zero attached hydrogens (tertiary/aromatic N) is 2. The van der Waals surface area contributed by atoms with Gasteiger partial charge in [-0.25, -0.2) is 0 Å². The van der Waals surface area contributed by atoms with E-state index in [0.717, 1.165) is 22.9 Å². The molecule has 0 saturated heterocycles. The Morgan fingerprint density at radius 2 is 1.15 bits per heavy atom. The molecule has 2 N–H and O–H groups in total. The maximum Gasteiger partial charge on any atom is 0.0634 e. The first-order valence-corrected chi connectivity index (χ1v) is 9.07. The van der Waals surface area contributed by atoms with Crippen LogP contribution in [0.25, 0.3) is 0 Å². The number of H-pyrrole nitrogens is 2. The summed E-state index contributed by atoms with van der Waals surface area (Å²) in [7, 11) is 0. The smallest absolute Gasteiger partial charge is 0.0634 e. The minimum absolute atomic E-state index is 1.05. The third-order valence-corrected chi connectivity index (χ3v) is 5.66. The molecule has 4 nitrogen and oxygen atoms in total. The molecule has 0 saturated carbocycles. The molecule has 0 fully saturated rings. The summed E-state index contributed by atoms with van der Waals surface area (Å²) in [6.45, 7) is 8.32. The van der Waals surface area contributed by atoms with Crippen molar-refractivity contribution in [1.82, 2.24) is 20.4 Å². The van der Waals surface area contributed by atoms with Gasteiger partial charge in [-0.2, -0.15) is 33.7 Å². The van der Waals surface area contributed by atoms with Crippen LogP contribution < -0.4 is 0 Å². The molecule has 110 valence electrons. The van der Waals surface area contributed by atoms with Gasteiger partial charge in [0, 0.05) is 45.5 Å². The lowest BCUT2D eigenvalue weighted by Gasteiger charge is -2.03. The highest BCUT2D eigenvalue weighted by Gasteiger charge is 2.07. The molecular formula is C14H22N4S2. The lowest BCUT2D eigenvalue weighted by atomic mass is 10.2. The molecule has 0 aliphatic carbocycles. The topological polar surface area (TPSA) is 57.4 Å². The van der Waals surface area contributed by atoms with Crippen LogP contribution >= 0.6 is 23.5 Å². The Morgan fingerprint density at radius 1 is 0.750 bits per heavy atom. The lowest BCUT2D eigenvalue weighted by Crippen LogP contribution is -1.91. The fourth-order valence-corrected chi connectivity index (χ4v) is 4.53. The Hall–Kier alpha value is -0.880. The molecule has 20 heavy (non-hydrogen) atoms. The highest BCUT2D eigenvalue weighted by Crippen LogP contribution is 2.21. The molecule has 6 heteroatoms. The van der Waals surface area contributed by atoms with Crippen LogP contribution in [0, 0.1) is 27.7 Å². The number of rotatable bonds is 7. The second-order valence-corrected chi connectivity index (χ2v) is 7.14. The summed E-state index contributed by atoms with van der Waals surface area (Å²) in [4.78, 5) is 0. The van der Waals surface area contributed by atoms with Crippen LogP contribution in [-0.4, -0.2) is 31.9 Å². The van der Waals surface area contributed by atoms with Crippen LogP contribution in [0.2, 0.25) is 0 Å². The van der Waals surface area contributed by atoms with Crippen LogP contribution in [-0.2, 0) is 11.5 Å². The van der Waals surface area contributed by atoms with Gasteiger partial charge in [-0.05, 0) is 27.7 Å². The van der Waals surface area contributed by atoms with Crippen LogP contribution in [0.4, 0.5) is 0 Å². The third-order valence-electron chi connectivity index (χ3n) is 3.43. The zero-order valence-electron chi connectivity index (χ0n) is 12.5. The quantitative estimate of drug-likeness (QED) is 0.768. The molecule has 0 atom stereocenters. The molecule has 0 bridgehead atoms. The number of nitrogens with one attached hydrogen (secondary N) is 2. The van der Waals surface area contributed by atoms with E-state index in [1.54, 1.807) is 0 Å². The average Bonchev–Trinajstić information content (AvgIpc) is 2.90. The standard InChI is InChI=1S/C14H22N4S2/c1-9-13(10(2)16-15-9)7-19-5-6-20-8-14-11(3)17-18-12(14)4/h5-8H2,1-4H3,(H,15,16)(H,17,18). The van der Waals surface area contributed by atoms with Gasteiger partial charge in [0.05, 0.1) is 11.4 Å². The molecule has 0 aromatic carbocycles. The molecule has 0 amide bonds. The molecule has 2 aromatic rings. The zero-order valence-corrected chi connectivity index (χ0v) is 14.2. The van der Waals surface area contributed by atoms with Gasteiger partial charge in [0.15, 0.2) is 0 Å². The molecule has 2 rings (SSSR count). The molecule has 0 radical (unpaired) electrons. The van der Waals surface area contributed by atoms with Gasteiger partial charge in [0.25, 0.3) is 0 Å². The third kappa shape index (κ3) is 3.82. The molecular weight excluding hydrogens is 288 g/mol. The van der Waals surface area contributed by atoms with E-state index < -0.39 is 0 Å². The summed E-state index contributed by atoms with van der Waals surface area (Å²) in [5.41, 5.74) is 7.39. The Balaban J connectivity index is 1.65. The minimum atomic E-state index is 1.05.